The fraction of sp³-hybridized carbons (Fsp3) is 0.923. The molecule has 0 aromatic carbocycles. The average Bonchev–Trinajstić information content (AvgIpc) is 2.16. The first-order valence-electron chi connectivity index (χ1n) is 6.09. The Morgan fingerprint density at radius 3 is 2.71 bits per heavy atom. The average molecular weight is 194 g/mol. The van der Waals surface area contributed by atoms with Gasteiger partial charge < -0.3 is 0 Å². The fourth-order valence-corrected chi connectivity index (χ4v) is 3.65. The van der Waals surface area contributed by atoms with Crippen molar-refractivity contribution in [2.24, 2.45) is 23.2 Å². The summed E-state index contributed by atoms with van der Waals surface area (Å²) in [6.07, 6.45) is 5.65. The highest BCUT2D eigenvalue weighted by Crippen LogP contribution is 2.52. The van der Waals surface area contributed by atoms with Crippen LogP contribution in [0.2, 0.25) is 0 Å². The number of fused-ring (bicyclic) bond motifs is 1. The molecule has 4 atom stereocenters. The zero-order valence-electron chi connectivity index (χ0n) is 9.68. The van der Waals surface area contributed by atoms with Crippen molar-refractivity contribution in [2.75, 3.05) is 0 Å². The molecule has 0 N–H and O–H groups in total. The first-order valence-corrected chi connectivity index (χ1v) is 6.09. The summed E-state index contributed by atoms with van der Waals surface area (Å²) in [7, 11) is 0. The minimum absolute atomic E-state index is 0.0458. The van der Waals surface area contributed by atoms with Crippen molar-refractivity contribution in [2.45, 2.75) is 52.9 Å². The maximum Gasteiger partial charge on any atom is 0.139 e. The lowest BCUT2D eigenvalue weighted by molar-refractivity contribution is -0.140. The standard InChI is InChI=1S/C13H22O/c1-9-7-8-13(3)11(10(9)2)5-4-6-12(13)14/h9-11H,4-8H2,1-3H3/t9-,10+,11-,13-/m1/s1. The van der Waals surface area contributed by atoms with Crippen LogP contribution in [0.15, 0.2) is 0 Å². The van der Waals surface area contributed by atoms with Gasteiger partial charge in [0, 0.05) is 11.8 Å². The van der Waals surface area contributed by atoms with Crippen LogP contribution in [0, 0.1) is 23.2 Å². The van der Waals surface area contributed by atoms with E-state index in [4.69, 9.17) is 0 Å². The van der Waals surface area contributed by atoms with Crippen LogP contribution in [0.25, 0.3) is 0 Å². The molecular weight excluding hydrogens is 172 g/mol. The summed E-state index contributed by atoms with van der Waals surface area (Å²) < 4.78 is 0. The van der Waals surface area contributed by atoms with E-state index in [-0.39, 0.29) is 5.41 Å². The maximum atomic E-state index is 12.0. The predicted octanol–water partition coefficient (Wildman–Crippen LogP) is 3.43. The molecule has 2 aliphatic carbocycles. The Hall–Kier alpha value is -0.330. The minimum Gasteiger partial charge on any atom is -0.299 e. The third-order valence-electron chi connectivity index (χ3n) is 5.03. The van der Waals surface area contributed by atoms with E-state index in [1.807, 2.05) is 0 Å². The highest BCUT2D eigenvalue weighted by atomic mass is 16.1. The molecule has 0 radical (unpaired) electrons. The number of rotatable bonds is 0. The summed E-state index contributed by atoms with van der Waals surface area (Å²) in [6, 6.07) is 0. The van der Waals surface area contributed by atoms with Gasteiger partial charge in [0.1, 0.15) is 5.78 Å². The number of carbonyl (C=O) groups is 1. The molecule has 80 valence electrons. The van der Waals surface area contributed by atoms with E-state index >= 15 is 0 Å². The van der Waals surface area contributed by atoms with Crippen LogP contribution >= 0.6 is 0 Å². The van der Waals surface area contributed by atoms with Crippen molar-refractivity contribution in [3.8, 4) is 0 Å². The lowest BCUT2D eigenvalue weighted by atomic mass is 9.54. The van der Waals surface area contributed by atoms with Gasteiger partial charge in [0.15, 0.2) is 0 Å². The van der Waals surface area contributed by atoms with Crippen LogP contribution < -0.4 is 0 Å². The monoisotopic (exact) mass is 194 g/mol. The molecule has 0 amide bonds. The van der Waals surface area contributed by atoms with Gasteiger partial charge in [-0.1, -0.05) is 20.8 Å². The van der Waals surface area contributed by atoms with Crippen molar-refractivity contribution in [1.82, 2.24) is 0 Å². The van der Waals surface area contributed by atoms with E-state index in [1.54, 1.807) is 0 Å². The molecule has 0 aromatic heterocycles. The summed E-state index contributed by atoms with van der Waals surface area (Å²) in [5, 5.41) is 0. The number of carbonyl (C=O) groups excluding carboxylic acids is 1. The molecule has 1 nitrogen and oxygen atoms in total. The lowest BCUT2D eigenvalue weighted by Gasteiger charge is -2.49. The number of ketones is 1. The topological polar surface area (TPSA) is 17.1 Å². The molecule has 2 rings (SSSR count). The first-order chi connectivity index (χ1) is 6.55. The Kier molecular flexibility index (Phi) is 2.45. The third kappa shape index (κ3) is 1.32. The van der Waals surface area contributed by atoms with E-state index in [2.05, 4.69) is 20.8 Å². The second-order valence-corrected chi connectivity index (χ2v) is 5.71. The first kappa shape index (κ1) is 10.2. The van der Waals surface area contributed by atoms with Crippen LogP contribution in [0.5, 0.6) is 0 Å². The Balaban J connectivity index is 2.25. The highest BCUT2D eigenvalue weighted by molar-refractivity contribution is 5.85. The SMILES string of the molecule is C[C@H]1[C@H](C)CC[C@@]2(C)C(=O)CCC[C@H]12. The molecule has 0 heterocycles. The molecular formula is C13H22O. The molecule has 0 aromatic rings. The molecule has 0 aliphatic heterocycles. The zero-order valence-corrected chi connectivity index (χ0v) is 9.68. The van der Waals surface area contributed by atoms with Gasteiger partial charge in [-0.05, 0) is 43.4 Å². The summed E-state index contributed by atoms with van der Waals surface area (Å²) >= 11 is 0. The van der Waals surface area contributed by atoms with Crippen molar-refractivity contribution >= 4 is 5.78 Å². The van der Waals surface area contributed by atoms with Crippen molar-refractivity contribution in [1.29, 1.82) is 0 Å². The predicted molar refractivity (Wildman–Crippen MR) is 58.0 cm³/mol. The molecule has 2 aliphatic rings. The smallest absolute Gasteiger partial charge is 0.139 e. The Morgan fingerprint density at radius 2 is 2.00 bits per heavy atom. The quantitative estimate of drug-likeness (QED) is 0.577. The molecule has 2 saturated carbocycles. The Labute approximate surface area is 87.3 Å². The van der Waals surface area contributed by atoms with Gasteiger partial charge in [-0.3, -0.25) is 4.79 Å². The van der Waals surface area contributed by atoms with Gasteiger partial charge >= 0.3 is 0 Å². The van der Waals surface area contributed by atoms with Gasteiger partial charge in [0.05, 0.1) is 0 Å². The van der Waals surface area contributed by atoms with Crippen LogP contribution in [-0.4, -0.2) is 5.78 Å². The minimum atomic E-state index is 0.0458. The zero-order chi connectivity index (χ0) is 10.3. The number of hydrogen-bond acceptors (Lipinski definition) is 1. The van der Waals surface area contributed by atoms with Crippen LogP contribution in [-0.2, 0) is 4.79 Å². The fourth-order valence-electron chi connectivity index (χ4n) is 3.65. The third-order valence-corrected chi connectivity index (χ3v) is 5.03. The largest absolute Gasteiger partial charge is 0.299 e. The van der Waals surface area contributed by atoms with E-state index in [1.165, 1.54) is 12.8 Å². The molecule has 1 heteroatoms. The van der Waals surface area contributed by atoms with E-state index < -0.39 is 0 Å². The number of Topliss-reactive ketones (excluding diaryl/α,β-unsaturated/α-hetero) is 1. The Bertz CT molecular complexity index is 246. The van der Waals surface area contributed by atoms with Crippen LogP contribution in [0.4, 0.5) is 0 Å². The van der Waals surface area contributed by atoms with Crippen molar-refractivity contribution < 1.29 is 4.79 Å². The van der Waals surface area contributed by atoms with Gasteiger partial charge in [-0.15, -0.1) is 0 Å². The van der Waals surface area contributed by atoms with E-state index in [0.29, 0.717) is 11.7 Å². The normalized spacial score (nSPS) is 48.8. The van der Waals surface area contributed by atoms with Gasteiger partial charge in [-0.25, -0.2) is 0 Å². The highest BCUT2D eigenvalue weighted by Gasteiger charge is 2.48. The van der Waals surface area contributed by atoms with Gasteiger partial charge in [0.25, 0.3) is 0 Å². The Morgan fingerprint density at radius 1 is 1.29 bits per heavy atom. The maximum absolute atomic E-state index is 12.0. The van der Waals surface area contributed by atoms with E-state index in [9.17, 15) is 4.79 Å². The molecule has 2 fully saturated rings. The lowest BCUT2D eigenvalue weighted by Crippen LogP contribution is -2.47. The summed E-state index contributed by atoms with van der Waals surface area (Å²) in [5.74, 6) is 2.79. The second-order valence-electron chi connectivity index (χ2n) is 5.71. The molecule has 0 unspecified atom stereocenters. The van der Waals surface area contributed by atoms with Crippen molar-refractivity contribution in [3.63, 3.8) is 0 Å². The van der Waals surface area contributed by atoms with Crippen molar-refractivity contribution in [3.05, 3.63) is 0 Å². The van der Waals surface area contributed by atoms with E-state index in [0.717, 1.165) is 31.1 Å². The molecule has 0 saturated heterocycles. The number of hydrogen-bond donors (Lipinski definition) is 0. The summed E-state index contributed by atoms with van der Waals surface area (Å²) in [4.78, 5) is 12.0. The summed E-state index contributed by atoms with van der Waals surface area (Å²) in [5.41, 5.74) is 0.0458. The second kappa shape index (κ2) is 3.36. The molecule has 14 heavy (non-hydrogen) atoms. The van der Waals surface area contributed by atoms with Crippen LogP contribution in [0.1, 0.15) is 52.9 Å². The molecule has 0 bridgehead atoms. The van der Waals surface area contributed by atoms with Gasteiger partial charge in [-0.2, -0.15) is 0 Å². The van der Waals surface area contributed by atoms with Crippen LogP contribution in [0.3, 0.4) is 0 Å². The summed E-state index contributed by atoms with van der Waals surface area (Å²) in [6.45, 7) is 6.93. The van der Waals surface area contributed by atoms with Gasteiger partial charge in [0.2, 0.25) is 0 Å². The molecule has 0 spiro atoms.